The van der Waals surface area contributed by atoms with E-state index in [0.29, 0.717) is 17.5 Å². The van der Waals surface area contributed by atoms with Crippen molar-refractivity contribution in [3.63, 3.8) is 0 Å². The van der Waals surface area contributed by atoms with Crippen molar-refractivity contribution in [2.75, 3.05) is 6.54 Å². The average Bonchev–Trinajstić information content (AvgIpc) is 3.02. The summed E-state index contributed by atoms with van der Waals surface area (Å²) in [7, 11) is 1.60. The predicted octanol–water partition coefficient (Wildman–Crippen LogP) is 2.86. The Morgan fingerprint density at radius 2 is 2.00 bits per heavy atom. The molecule has 0 spiro atoms. The highest BCUT2D eigenvalue weighted by atomic mass is 35.7. The van der Waals surface area contributed by atoms with Gasteiger partial charge in [-0.25, -0.2) is 8.42 Å². The van der Waals surface area contributed by atoms with Gasteiger partial charge in [-0.3, -0.25) is 4.79 Å². The van der Waals surface area contributed by atoms with Gasteiger partial charge in [0.1, 0.15) is 0 Å². The van der Waals surface area contributed by atoms with Crippen LogP contribution in [0.2, 0.25) is 0 Å². The maximum atomic E-state index is 12.8. The number of fused-ring (bicyclic) bond motifs is 2. The van der Waals surface area contributed by atoms with Crippen LogP contribution in [-0.2, 0) is 9.05 Å². The van der Waals surface area contributed by atoms with Crippen LogP contribution in [0.4, 0.5) is 0 Å². The number of hydrogen-bond acceptors (Lipinski definition) is 3. The second-order valence-corrected chi connectivity index (χ2v) is 8.71. The van der Waals surface area contributed by atoms with Gasteiger partial charge in [0.15, 0.2) is 0 Å². The molecule has 2 fully saturated rings. The van der Waals surface area contributed by atoms with Gasteiger partial charge in [0, 0.05) is 28.8 Å². The van der Waals surface area contributed by atoms with Crippen molar-refractivity contribution in [3.05, 3.63) is 28.8 Å². The molecule has 0 N–H and O–H groups in total. The molecule has 1 amide bonds. The third kappa shape index (κ3) is 2.57. The second-order valence-electron chi connectivity index (χ2n) is 6.14. The number of aryl methyl sites for hydroxylation is 1. The number of hydrogen-bond donors (Lipinski definition) is 0. The number of halogens is 1. The summed E-state index contributed by atoms with van der Waals surface area (Å²) in [6.45, 7) is 4.44. The molecule has 0 radical (unpaired) electrons. The Balaban J connectivity index is 2.01. The molecule has 2 atom stereocenters. The highest BCUT2D eigenvalue weighted by molar-refractivity contribution is 8.13. The summed E-state index contributed by atoms with van der Waals surface area (Å²) in [5, 5.41) is 0. The third-order valence-electron chi connectivity index (χ3n) is 4.82. The maximum Gasteiger partial charge on any atom is 0.261 e. The summed E-state index contributed by atoms with van der Waals surface area (Å²) >= 11 is 0. The van der Waals surface area contributed by atoms with Crippen LogP contribution in [0, 0.1) is 19.8 Å². The minimum absolute atomic E-state index is 0.0000250. The third-order valence-corrected chi connectivity index (χ3v) is 6.16. The zero-order chi connectivity index (χ0) is 15.4. The SMILES string of the molecule is Cc1cc(S(=O)(=O)Cl)cc(C(=O)N2CC3CCC2C3)c1C. The zero-order valence-corrected chi connectivity index (χ0v) is 13.7. The fraction of sp³-hybridized carbons (Fsp3) is 0.533. The Bertz CT molecular complexity index is 714. The highest BCUT2D eigenvalue weighted by Gasteiger charge is 2.40. The van der Waals surface area contributed by atoms with E-state index in [2.05, 4.69) is 0 Å². The van der Waals surface area contributed by atoms with Crippen LogP contribution in [-0.4, -0.2) is 31.8 Å². The first-order chi connectivity index (χ1) is 9.77. The monoisotopic (exact) mass is 327 g/mol. The first-order valence-electron chi connectivity index (χ1n) is 7.14. The molecule has 1 saturated carbocycles. The topological polar surface area (TPSA) is 54.5 Å². The van der Waals surface area contributed by atoms with E-state index in [4.69, 9.17) is 10.7 Å². The van der Waals surface area contributed by atoms with E-state index in [9.17, 15) is 13.2 Å². The van der Waals surface area contributed by atoms with Crippen molar-refractivity contribution in [1.82, 2.24) is 4.90 Å². The number of carbonyl (C=O) groups excluding carboxylic acids is 1. The molecule has 1 aromatic carbocycles. The lowest BCUT2D eigenvalue weighted by Gasteiger charge is -2.28. The molecule has 6 heteroatoms. The largest absolute Gasteiger partial charge is 0.335 e. The molecule has 3 rings (SSSR count). The van der Waals surface area contributed by atoms with Crippen LogP contribution in [0.15, 0.2) is 17.0 Å². The quantitative estimate of drug-likeness (QED) is 0.785. The lowest BCUT2D eigenvalue weighted by molar-refractivity contribution is 0.0702. The predicted molar refractivity (Wildman–Crippen MR) is 81.1 cm³/mol. The molecule has 1 aliphatic heterocycles. The lowest BCUT2D eigenvalue weighted by Crippen LogP contribution is -2.38. The standard InChI is InChI=1S/C15H18ClNO3S/c1-9-5-13(21(16,19)20)7-14(10(9)2)15(18)17-8-11-3-4-12(17)6-11/h5,7,11-12H,3-4,6,8H2,1-2H3. The van der Waals surface area contributed by atoms with E-state index >= 15 is 0 Å². The fourth-order valence-corrected chi connectivity index (χ4v) is 4.36. The van der Waals surface area contributed by atoms with Crippen LogP contribution >= 0.6 is 10.7 Å². The van der Waals surface area contributed by atoms with Crippen LogP contribution in [0.3, 0.4) is 0 Å². The number of likely N-dealkylation sites (tertiary alicyclic amines) is 1. The van der Waals surface area contributed by atoms with Crippen LogP contribution < -0.4 is 0 Å². The van der Waals surface area contributed by atoms with Gasteiger partial charge in [0.2, 0.25) is 0 Å². The molecule has 1 heterocycles. The van der Waals surface area contributed by atoms with E-state index in [1.165, 1.54) is 18.6 Å². The van der Waals surface area contributed by atoms with Gasteiger partial charge in [-0.15, -0.1) is 0 Å². The molecule has 1 aromatic rings. The lowest BCUT2D eigenvalue weighted by atomic mass is 10.0. The minimum atomic E-state index is -3.83. The number of carbonyl (C=O) groups is 1. The molecule has 114 valence electrons. The minimum Gasteiger partial charge on any atom is -0.335 e. The summed E-state index contributed by atoms with van der Waals surface area (Å²) in [5.41, 5.74) is 2.05. The van der Waals surface area contributed by atoms with Gasteiger partial charge in [-0.05, 0) is 62.3 Å². The number of benzene rings is 1. The van der Waals surface area contributed by atoms with E-state index in [-0.39, 0.29) is 10.8 Å². The van der Waals surface area contributed by atoms with Gasteiger partial charge in [0.05, 0.1) is 4.90 Å². The Morgan fingerprint density at radius 3 is 2.52 bits per heavy atom. The van der Waals surface area contributed by atoms with Crippen LogP contribution in [0.5, 0.6) is 0 Å². The smallest absolute Gasteiger partial charge is 0.261 e. The molecule has 4 nitrogen and oxygen atoms in total. The van der Waals surface area contributed by atoms with Gasteiger partial charge in [-0.1, -0.05) is 0 Å². The molecule has 2 aliphatic rings. The van der Waals surface area contributed by atoms with Crippen molar-refractivity contribution in [3.8, 4) is 0 Å². The van der Waals surface area contributed by atoms with E-state index in [0.717, 1.165) is 30.5 Å². The first kappa shape index (κ1) is 14.9. The molecule has 1 saturated heterocycles. The number of nitrogens with zero attached hydrogens (tertiary/aromatic N) is 1. The number of amides is 1. The Morgan fingerprint density at radius 1 is 1.29 bits per heavy atom. The fourth-order valence-electron chi connectivity index (χ4n) is 3.52. The Kier molecular flexibility index (Phi) is 3.53. The normalized spacial score (nSPS) is 24.6. The molecule has 2 bridgehead atoms. The average molecular weight is 328 g/mol. The molecule has 21 heavy (non-hydrogen) atoms. The summed E-state index contributed by atoms with van der Waals surface area (Å²) in [6, 6.07) is 3.25. The highest BCUT2D eigenvalue weighted by Crippen LogP contribution is 2.38. The molecule has 2 unspecified atom stereocenters. The van der Waals surface area contributed by atoms with Crippen molar-refractivity contribution in [1.29, 1.82) is 0 Å². The summed E-state index contributed by atoms with van der Waals surface area (Å²) in [6.07, 6.45) is 3.34. The first-order valence-corrected chi connectivity index (χ1v) is 9.45. The van der Waals surface area contributed by atoms with Gasteiger partial charge in [-0.2, -0.15) is 0 Å². The second kappa shape index (κ2) is 4.99. The van der Waals surface area contributed by atoms with E-state index < -0.39 is 9.05 Å². The van der Waals surface area contributed by atoms with Crippen molar-refractivity contribution < 1.29 is 13.2 Å². The molecule has 1 aliphatic carbocycles. The number of rotatable bonds is 2. The number of piperidine rings is 1. The molecule has 0 aromatic heterocycles. The van der Waals surface area contributed by atoms with Crippen molar-refractivity contribution in [2.24, 2.45) is 5.92 Å². The van der Waals surface area contributed by atoms with Gasteiger partial charge in [0.25, 0.3) is 15.0 Å². The Labute approximate surface area is 129 Å². The van der Waals surface area contributed by atoms with Crippen LogP contribution in [0.1, 0.15) is 40.7 Å². The Hall–Kier alpha value is -1.07. The zero-order valence-electron chi connectivity index (χ0n) is 12.1. The summed E-state index contributed by atoms with van der Waals surface area (Å²) in [4.78, 5) is 14.7. The van der Waals surface area contributed by atoms with Gasteiger partial charge >= 0.3 is 0 Å². The van der Waals surface area contributed by atoms with E-state index in [1.807, 2.05) is 11.8 Å². The van der Waals surface area contributed by atoms with E-state index in [1.54, 1.807) is 6.92 Å². The summed E-state index contributed by atoms with van der Waals surface area (Å²) < 4.78 is 23.1. The summed E-state index contributed by atoms with van der Waals surface area (Å²) in [5.74, 6) is 0.547. The van der Waals surface area contributed by atoms with Crippen molar-refractivity contribution in [2.45, 2.75) is 44.0 Å². The maximum absolute atomic E-state index is 12.8. The van der Waals surface area contributed by atoms with Crippen molar-refractivity contribution >= 4 is 25.6 Å². The van der Waals surface area contributed by atoms with Crippen LogP contribution in [0.25, 0.3) is 0 Å². The molecular formula is C15H18ClNO3S. The molecular weight excluding hydrogens is 310 g/mol. The van der Waals surface area contributed by atoms with Gasteiger partial charge < -0.3 is 4.90 Å².